The number of para-hydroxylation sites is 1. The fourth-order valence-electron chi connectivity index (χ4n) is 2.86. The van der Waals surface area contributed by atoms with E-state index in [-0.39, 0.29) is 0 Å². The molecule has 0 bridgehead atoms. The summed E-state index contributed by atoms with van der Waals surface area (Å²) in [6.07, 6.45) is 1.77. The molecule has 0 aliphatic heterocycles. The summed E-state index contributed by atoms with van der Waals surface area (Å²) < 4.78 is 11.8. The summed E-state index contributed by atoms with van der Waals surface area (Å²) in [6, 6.07) is 14.0. The van der Waals surface area contributed by atoms with Crippen LogP contribution in [0.1, 0.15) is 27.7 Å². The molecule has 2 aromatic heterocycles. The standard InChI is InChI=1S/C21H21BNO3/c1-20(2,24)21(3,4)26-22-13-9-10-17-15(11-13)19-14-7-5-6-8-16(14)23-12-18(19)25-17/h5-12,24H,1-4H3. The lowest BCUT2D eigenvalue weighted by atomic mass is 9.82. The van der Waals surface area contributed by atoms with E-state index in [0.29, 0.717) is 0 Å². The first-order chi connectivity index (χ1) is 12.3. The minimum atomic E-state index is -0.961. The van der Waals surface area contributed by atoms with Crippen molar-refractivity contribution in [2.45, 2.75) is 38.9 Å². The predicted molar refractivity (Wildman–Crippen MR) is 106 cm³/mol. The average Bonchev–Trinajstić information content (AvgIpc) is 2.97. The summed E-state index contributed by atoms with van der Waals surface area (Å²) in [5, 5.41) is 13.4. The Kier molecular flexibility index (Phi) is 3.83. The Labute approximate surface area is 153 Å². The number of rotatable bonds is 4. The first-order valence-electron chi connectivity index (χ1n) is 8.70. The van der Waals surface area contributed by atoms with Crippen molar-refractivity contribution in [3.63, 3.8) is 0 Å². The molecule has 26 heavy (non-hydrogen) atoms. The van der Waals surface area contributed by atoms with Crippen LogP contribution >= 0.6 is 0 Å². The van der Waals surface area contributed by atoms with E-state index >= 15 is 0 Å². The van der Waals surface area contributed by atoms with E-state index in [4.69, 9.17) is 9.07 Å². The molecule has 4 aromatic rings. The largest absolute Gasteiger partial charge is 0.454 e. The number of pyridine rings is 1. The Morgan fingerprint density at radius 2 is 1.77 bits per heavy atom. The lowest BCUT2D eigenvalue weighted by molar-refractivity contribution is -0.0893. The minimum absolute atomic E-state index is 0.711. The van der Waals surface area contributed by atoms with E-state index in [1.807, 2.05) is 50.2 Å². The third kappa shape index (κ3) is 2.77. The van der Waals surface area contributed by atoms with Gasteiger partial charge in [-0.15, -0.1) is 0 Å². The maximum atomic E-state index is 10.3. The van der Waals surface area contributed by atoms with Gasteiger partial charge in [0.05, 0.1) is 22.9 Å². The summed E-state index contributed by atoms with van der Waals surface area (Å²) in [7, 11) is 1.69. The maximum Gasteiger partial charge on any atom is 0.330 e. The van der Waals surface area contributed by atoms with Crippen molar-refractivity contribution in [3.05, 3.63) is 48.7 Å². The molecule has 0 unspecified atom stereocenters. The first kappa shape index (κ1) is 17.1. The second-order valence-corrected chi connectivity index (χ2v) is 7.68. The van der Waals surface area contributed by atoms with Gasteiger partial charge in [0, 0.05) is 16.2 Å². The van der Waals surface area contributed by atoms with Crippen LogP contribution in [0.3, 0.4) is 0 Å². The zero-order valence-electron chi connectivity index (χ0n) is 15.4. The highest BCUT2D eigenvalue weighted by molar-refractivity contribution is 6.47. The zero-order chi connectivity index (χ0) is 18.5. The first-order valence-corrected chi connectivity index (χ1v) is 8.70. The highest BCUT2D eigenvalue weighted by atomic mass is 16.5. The van der Waals surface area contributed by atoms with E-state index in [0.717, 1.165) is 38.3 Å². The van der Waals surface area contributed by atoms with Crippen LogP contribution in [0.5, 0.6) is 0 Å². The quantitative estimate of drug-likeness (QED) is 0.569. The fraction of sp³-hybridized carbons (Fsp3) is 0.286. The summed E-state index contributed by atoms with van der Waals surface area (Å²) in [6.45, 7) is 7.22. The Hall–Kier alpha value is -2.37. The molecule has 2 aromatic carbocycles. The van der Waals surface area contributed by atoms with Crippen LogP contribution in [0, 0.1) is 0 Å². The van der Waals surface area contributed by atoms with Gasteiger partial charge in [-0.05, 0) is 39.8 Å². The number of hydrogen-bond donors (Lipinski definition) is 1. The van der Waals surface area contributed by atoms with Gasteiger partial charge in [0.15, 0.2) is 5.58 Å². The van der Waals surface area contributed by atoms with Gasteiger partial charge in [-0.1, -0.05) is 35.8 Å². The lowest BCUT2D eigenvalue weighted by Crippen LogP contribution is -2.49. The molecule has 131 valence electrons. The molecule has 1 radical (unpaired) electrons. The molecule has 1 N–H and O–H groups in total. The van der Waals surface area contributed by atoms with Crippen LogP contribution in [0.25, 0.3) is 32.8 Å². The van der Waals surface area contributed by atoms with E-state index in [2.05, 4.69) is 11.1 Å². The number of fused-ring (bicyclic) bond motifs is 5. The van der Waals surface area contributed by atoms with Crippen molar-refractivity contribution < 1.29 is 14.2 Å². The molecular weight excluding hydrogens is 325 g/mol. The molecule has 0 amide bonds. The molecule has 4 nitrogen and oxygen atoms in total. The van der Waals surface area contributed by atoms with Gasteiger partial charge in [0.1, 0.15) is 5.58 Å². The van der Waals surface area contributed by atoms with E-state index in [1.165, 1.54) is 0 Å². The van der Waals surface area contributed by atoms with Crippen molar-refractivity contribution in [3.8, 4) is 0 Å². The summed E-state index contributed by atoms with van der Waals surface area (Å²) in [5.74, 6) is 0. The Bertz CT molecular complexity index is 1110. The Morgan fingerprint density at radius 3 is 2.54 bits per heavy atom. The Balaban J connectivity index is 1.79. The molecule has 5 heteroatoms. The monoisotopic (exact) mass is 346 g/mol. The van der Waals surface area contributed by atoms with Crippen LogP contribution in [0.15, 0.2) is 53.1 Å². The fourth-order valence-corrected chi connectivity index (χ4v) is 2.86. The van der Waals surface area contributed by atoms with Crippen molar-refractivity contribution in [2.75, 3.05) is 0 Å². The molecule has 0 atom stereocenters. The average molecular weight is 346 g/mol. The van der Waals surface area contributed by atoms with E-state index < -0.39 is 11.2 Å². The van der Waals surface area contributed by atoms with Gasteiger partial charge < -0.3 is 14.2 Å². The number of furan rings is 1. The summed E-state index contributed by atoms with van der Waals surface area (Å²) >= 11 is 0. The third-order valence-electron chi connectivity index (χ3n) is 5.20. The lowest BCUT2D eigenvalue weighted by Gasteiger charge is -2.37. The molecule has 2 heterocycles. The minimum Gasteiger partial charge on any atom is -0.454 e. The van der Waals surface area contributed by atoms with Crippen LogP contribution in [0.2, 0.25) is 0 Å². The molecule has 0 fully saturated rings. The van der Waals surface area contributed by atoms with E-state index in [9.17, 15) is 5.11 Å². The maximum absolute atomic E-state index is 10.3. The van der Waals surface area contributed by atoms with Crippen molar-refractivity contribution >= 4 is 45.8 Å². The predicted octanol–water partition coefficient (Wildman–Crippen LogP) is 3.94. The van der Waals surface area contributed by atoms with Gasteiger partial charge in [-0.3, -0.25) is 4.98 Å². The second-order valence-electron chi connectivity index (χ2n) is 7.68. The zero-order valence-corrected chi connectivity index (χ0v) is 15.4. The summed E-state index contributed by atoms with van der Waals surface area (Å²) in [4.78, 5) is 4.47. The van der Waals surface area contributed by atoms with Crippen molar-refractivity contribution in [1.29, 1.82) is 0 Å². The van der Waals surface area contributed by atoms with Crippen molar-refractivity contribution in [2.24, 2.45) is 0 Å². The molecule has 0 saturated heterocycles. The Morgan fingerprint density at radius 1 is 1.00 bits per heavy atom. The number of aliphatic hydroxyl groups is 1. The van der Waals surface area contributed by atoms with Crippen LogP contribution in [-0.4, -0.2) is 28.8 Å². The SMILES string of the molecule is CC(C)(O)C(C)(C)O[B]c1ccc2oc3cnc4ccccc4c3c2c1. The highest BCUT2D eigenvalue weighted by Gasteiger charge is 2.35. The molecule has 0 spiro atoms. The van der Waals surface area contributed by atoms with Gasteiger partial charge in [-0.25, -0.2) is 0 Å². The van der Waals surface area contributed by atoms with E-state index in [1.54, 1.807) is 27.5 Å². The summed E-state index contributed by atoms with van der Waals surface area (Å²) in [5.41, 5.74) is 1.77. The third-order valence-corrected chi connectivity index (χ3v) is 5.20. The normalized spacial score (nSPS) is 13.0. The number of nitrogens with zero attached hydrogens (tertiary/aromatic N) is 1. The van der Waals surface area contributed by atoms with Gasteiger partial charge in [-0.2, -0.15) is 0 Å². The highest BCUT2D eigenvalue weighted by Crippen LogP contribution is 2.33. The van der Waals surface area contributed by atoms with Crippen LogP contribution in [0.4, 0.5) is 0 Å². The molecular formula is C21H21BNO3. The number of benzene rings is 2. The molecule has 0 aliphatic rings. The van der Waals surface area contributed by atoms with Gasteiger partial charge >= 0.3 is 7.48 Å². The smallest absolute Gasteiger partial charge is 0.330 e. The van der Waals surface area contributed by atoms with Crippen LogP contribution < -0.4 is 5.46 Å². The number of aromatic nitrogens is 1. The van der Waals surface area contributed by atoms with Crippen LogP contribution in [-0.2, 0) is 4.65 Å². The topological polar surface area (TPSA) is 55.5 Å². The second kappa shape index (κ2) is 5.83. The number of hydrogen-bond acceptors (Lipinski definition) is 4. The van der Waals surface area contributed by atoms with Crippen molar-refractivity contribution in [1.82, 2.24) is 4.98 Å². The molecule has 0 saturated carbocycles. The molecule has 0 aliphatic carbocycles. The van der Waals surface area contributed by atoms with Gasteiger partial charge in [0.2, 0.25) is 0 Å². The van der Waals surface area contributed by atoms with Gasteiger partial charge in [0.25, 0.3) is 0 Å². The molecule has 4 rings (SSSR count).